The van der Waals surface area contributed by atoms with Crippen LogP contribution in [0.25, 0.3) is 22.4 Å². The Morgan fingerprint density at radius 1 is 1.06 bits per heavy atom. The molecule has 0 saturated heterocycles. The van der Waals surface area contributed by atoms with Gasteiger partial charge in [-0.3, -0.25) is 0 Å². The summed E-state index contributed by atoms with van der Waals surface area (Å²) in [5.74, 6) is 0.912. The minimum Gasteiger partial charge on any atom is -0.338 e. The Morgan fingerprint density at radius 2 is 1.94 bits per heavy atom. The quantitative estimate of drug-likeness (QED) is 0.736. The van der Waals surface area contributed by atoms with Crippen LogP contribution in [0.2, 0.25) is 0 Å². The average Bonchev–Trinajstić information content (AvgIpc) is 2.83. The maximum absolute atomic E-state index is 5.59. The summed E-state index contributed by atoms with van der Waals surface area (Å²) in [4.78, 5) is 7.94. The number of hydrogen-bond donors (Lipinski definition) is 2. The first-order chi connectivity index (χ1) is 8.86. The van der Waals surface area contributed by atoms with Gasteiger partial charge in [-0.25, -0.2) is 4.98 Å². The van der Waals surface area contributed by atoms with Crippen LogP contribution in [0, 0.1) is 0 Å². The molecule has 0 spiro atoms. The highest BCUT2D eigenvalue weighted by Crippen LogP contribution is 2.21. The molecule has 0 radical (unpaired) electrons. The molecule has 0 aliphatic rings. The van der Waals surface area contributed by atoms with E-state index in [0.717, 1.165) is 28.8 Å². The predicted molar refractivity (Wildman–Crippen MR) is 74.3 cm³/mol. The summed E-state index contributed by atoms with van der Waals surface area (Å²) in [6.45, 7) is 0.670. The number of nitrogens with zero attached hydrogens (tertiary/aromatic N) is 1. The molecular weight excluding hydrogens is 222 g/mol. The molecular formula is C15H15N3. The van der Waals surface area contributed by atoms with Gasteiger partial charge in [0.1, 0.15) is 5.82 Å². The van der Waals surface area contributed by atoms with Crippen LogP contribution in [-0.2, 0) is 6.42 Å². The third kappa shape index (κ3) is 2.00. The van der Waals surface area contributed by atoms with Crippen LogP contribution in [0.15, 0.2) is 48.5 Å². The highest BCUT2D eigenvalue weighted by molar-refractivity contribution is 5.79. The topological polar surface area (TPSA) is 54.7 Å². The van der Waals surface area contributed by atoms with Gasteiger partial charge in [0.25, 0.3) is 0 Å². The van der Waals surface area contributed by atoms with Crippen molar-refractivity contribution in [2.75, 3.05) is 6.54 Å². The Balaban J connectivity index is 2.05. The number of aromatic amines is 1. The Bertz CT molecular complexity index is 637. The second kappa shape index (κ2) is 4.63. The third-order valence-electron chi connectivity index (χ3n) is 3.02. The predicted octanol–water partition coefficient (Wildman–Crippen LogP) is 2.73. The number of para-hydroxylation sites is 2. The van der Waals surface area contributed by atoms with E-state index in [9.17, 15) is 0 Å². The molecule has 0 saturated carbocycles. The van der Waals surface area contributed by atoms with Gasteiger partial charge < -0.3 is 10.7 Å². The number of benzene rings is 2. The van der Waals surface area contributed by atoms with E-state index in [4.69, 9.17) is 5.73 Å². The highest BCUT2D eigenvalue weighted by atomic mass is 14.9. The fourth-order valence-electron chi connectivity index (χ4n) is 2.13. The van der Waals surface area contributed by atoms with Crippen LogP contribution in [0.1, 0.15) is 5.56 Å². The van der Waals surface area contributed by atoms with Gasteiger partial charge >= 0.3 is 0 Å². The second-order valence-corrected chi connectivity index (χ2v) is 4.34. The summed E-state index contributed by atoms with van der Waals surface area (Å²) in [7, 11) is 0. The zero-order valence-electron chi connectivity index (χ0n) is 10.1. The van der Waals surface area contributed by atoms with Gasteiger partial charge in [0.2, 0.25) is 0 Å². The van der Waals surface area contributed by atoms with Crippen molar-refractivity contribution >= 4 is 11.0 Å². The number of hydrogen-bond acceptors (Lipinski definition) is 2. The first-order valence-corrected chi connectivity index (χ1v) is 6.11. The molecule has 1 heterocycles. The van der Waals surface area contributed by atoms with Gasteiger partial charge in [-0.05, 0) is 36.7 Å². The first-order valence-electron chi connectivity index (χ1n) is 6.11. The third-order valence-corrected chi connectivity index (χ3v) is 3.02. The molecule has 0 amide bonds. The van der Waals surface area contributed by atoms with Crippen LogP contribution in [0.4, 0.5) is 0 Å². The van der Waals surface area contributed by atoms with E-state index < -0.39 is 0 Å². The molecule has 0 aliphatic carbocycles. The molecule has 0 bridgehead atoms. The van der Waals surface area contributed by atoms with Gasteiger partial charge in [0.15, 0.2) is 0 Å². The van der Waals surface area contributed by atoms with E-state index >= 15 is 0 Å². The monoisotopic (exact) mass is 237 g/mol. The lowest BCUT2D eigenvalue weighted by Crippen LogP contribution is -2.02. The summed E-state index contributed by atoms with van der Waals surface area (Å²) in [6, 6.07) is 16.4. The van der Waals surface area contributed by atoms with Gasteiger partial charge in [0.05, 0.1) is 11.0 Å². The van der Waals surface area contributed by atoms with Crippen molar-refractivity contribution in [2.45, 2.75) is 6.42 Å². The van der Waals surface area contributed by atoms with Crippen LogP contribution in [0.3, 0.4) is 0 Å². The number of nitrogens with one attached hydrogen (secondary N) is 1. The molecule has 0 atom stereocenters. The molecule has 3 N–H and O–H groups in total. The van der Waals surface area contributed by atoms with Crippen LogP contribution in [-0.4, -0.2) is 16.5 Å². The number of aromatic nitrogens is 2. The van der Waals surface area contributed by atoms with Crippen LogP contribution >= 0.6 is 0 Å². The zero-order valence-corrected chi connectivity index (χ0v) is 10.1. The molecule has 1 aromatic heterocycles. The molecule has 3 nitrogen and oxygen atoms in total. The molecule has 3 rings (SSSR count). The number of H-pyrrole nitrogens is 1. The number of imidazole rings is 1. The van der Waals surface area contributed by atoms with Crippen molar-refractivity contribution in [3.8, 4) is 11.4 Å². The lowest BCUT2D eigenvalue weighted by atomic mass is 10.1. The lowest BCUT2D eigenvalue weighted by molar-refractivity contribution is 0.969. The second-order valence-electron chi connectivity index (χ2n) is 4.34. The summed E-state index contributed by atoms with van der Waals surface area (Å²) in [5, 5.41) is 0. The summed E-state index contributed by atoms with van der Waals surface area (Å²) >= 11 is 0. The Labute approximate surface area is 106 Å². The SMILES string of the molecule is NCCc1cccc(-c2nc3ccccc3[nH]2)c1. The molecule has 18 heavy (non-hydrogen) atoms. The highest BCUT2D eigenvalue weighted by Gasteiger charge is 2.04. The summed E-state index contributed by atoms with van der Waals surface area (Å²) < 4.78 is 0. The van der Waals surface area contributed by atoms with Crippen molar-refractivity contribution in [2.24, 2.45) is 5.73 Å². The fourth-order valence-corrected chi connectivity index (χ4v) is 2.13. The van der Waals surface area contributed by atoms with Crippen molar-refractivity contribution in [1.29, 1.82) is 0 Å². The number of rotatable bonds is 3. The largest absolute Gasteiger partial charge is 0.338 e. The van der Waals surface area contributed by atoms with Gasteiger partial charge in [0, 0.05) is 5.56 Å². The Hall–Kier alpha value is -2.13. The number of nitrogens with two attached hydrogens (primary N) is 1. The maximum Gasteiger partial charge on any atom is 0.138 e. The minimum atomic E-state index is 0.670. The van der Waals surface area contributed by atoms with E-state index in [1.54, 1.807) is 0 Å². The van der Waals surface area contributed by atoms with Crippen molar-refractivity contribution in [1.82, 2.24) is 9.97 Å². The maximum atomic E-state index is 5.59. The van der Waals surface area contributed by atoms with Crippen molar-refractivity contribution < 1.29 is 0 Å². The molecule has 90 valence electrons. The van der Waals surface area contributed by atoms with Crippen molar-refractivity contribution in [3.63, 3.8) is 0 Å². The normalized spacial score (nSPS) is 10.9. The lowest BCUT2D eigenvalue weighted by Gasteiger charge is -2.01. The average molecular weight is 237 g/mol. The molecule has 0 aliphatic heterocycles. The van der Waals surface area contributed by atoms with E-state index in [1.807, 2.05) is 30.3 Å². The van der Waals surface area contributed by atoms with E-state index in [1.165, 1.54) is 5.56 Å². The van der Waals surface area contributed by atoms with E-state index in [2.05, 4.69) is 28.2 Å². The molecule has 2 aromatic carbocycles. The summed E-state index contributed by atoms with van der Waals surface area (Å²) in [6.07, 6.45) is 0.897. The van der Waals surface area contributed by atoms with Crippen LogP contribution < -0.4 is 5.73 Å². The molecule has 0 fully saturated rings. The molecule has 3 aromatic rings. The minimum absolute atomic E-state index is 0.670. The van der Waals surface area contributed by atoms with Gasteiger partial charge in [-0.2, -0.15) is 0 Å². The summed E-state index contributed by atoms with van der Waals surface area (Å²) in [5.41, 5.74) is 10.0. The van der Waals surface area contributed by atoms with E-state index in [0.29, 0.717) is 6.54 Å². The smallest absolute Gasteiger partial charge is 0.138 e. The van der Waals surface area contributed by atoms with E-state index in [-0.39, 0.29) is 0 Å². The van der Waals surface area contributed by atoms with Gasteiger partial charge in [-0.1, -0.05) is 30.3 Å². The molecule has 3 heteroatoms. The fraction of sp³-hybridized carbons (Fsp3) is 0.133. The standard InChI is InChI=1S/C15H15N3/c16-9-8-11-4-3-5-12(10-11)15-17-13-6-1-2-7-14(13)18-15/h1-7,10H,8-9,16H2,(H,17,18). The Morgan fingerprint density at radius 3 is 2.78 bits per heavy atom. The first kappa shape index (κ1) is 11.0. The van der Waals surface area contributed by atoms with Crippen molar-refractivity contribution in [3.05, 3.63) is 54.1 Å². The molecule has 0 unspecified atom stereocenters. The van der Waals surface area contributed by atoms with Gasteiger partial charge in [-0.15, -0.1) is 0 Å². The zero-order chi connectivity index (χ0) is 12.4. The van der Waals surface area contributed by atoms with Crippen LogP contribution in [0.5, 0.6) is 0 Å². The Kier molecular flexibility index (Phi) is 2.82. The number of fused-ring (bicyclic) bond motifs is 1.